The van der Waals surface area contributed by atoms with Gasteiger partial charge in [0.2, 0.25) is 0 Å². The summed E-state index contributed by atoms with van der Waals surface area (Å²) in [5, 5.41) is 0. The number of piperazine rings is 1. The molecule has 0 spiro atoms. The zero-order valence-electron chi connectivity index (χ0n) is 13.0. The largest absolute Gasteiger partial charge is 0.397 e. The van der Waals surface area contributed by atoms with E-state index in [1.807, 2.05) is 0 Å². The van der Waals surface area contributed by atoms with Crippen molar-refractivity contribution >= 4 is 11.4 Å². The predicted molar refractivity (Wildman–Crippen MR) is 83.9 cm³/mol. The molecule has 0 radical (unpaired) electrons. The van der Waals surface area contributed by atoms with Gasteiger partial charge in [-0.3, -0.25) is 4.90 Å². The van der Waals surface area contributed by atoms with Gasteiger partial charge in [-0.2, -0.15) is 0 Å². The number of rotatable bonds is 1. The number of nitrogens with two attached hydrogens (primary N) is 1. The third-order valence-electron chi connectivity index (χ3n) is 4.21. The first-order valence-corrected chi connectivity index (χ1v) is 7.16. The molecule has 1 aliphatic rings. The van der Waals surface area contributed by atoms with E-state index >= 15 is 0 Å². The summed E-state index contributed by atoms with van der Waals surface area (Å²) >= 11 is 0. The molecule has 1 saturated heterocycles. The van der Waals surface area contributed by atoms with Crippen molar-refractivity contribution in [3.63, 3.8) is 0 Å². The number of anilines is 2. The summed E-state index contributed by atoms with van der Waals surface area (Å²) in [5.41, 5.74) is 11.2. The van der Waals surface area contributed by atoms with Gasteiger partial charge in [0, 0.05) is 31.7 Å². The second-order valence-corrected chi connectivity index (χ2v) is 6.64. The molecule has 1 heterocycles. The van der Waals surface area contributed by atoms with E-state index in [1.54, 1.807) is 0 Å². The van der Waals surface area contributed by atoms with Crippen LogP contribution >= 0.6 is 0 Å². The first kappa shape index (κ1) is 14.2. The number of hydrogen-bond acceptors (Lipinski definition) is 3. The number of nitrogen functional groups attached to an aromatic ring is 1. The highest BCUT2D eigenvalue weighted by Crippen LogP contribution is 2.28. The highest BCUT2D eigenvalue weighted by atomic mass is 15.3. The van der Waals surface area contributed by atoms with Gasteiger partial charge in [-0.15, -0.1) is 0 Å². The smallest absolute Gasteiger partial charge is 0.0603 e. The fourth-order valence-corrected chi connectivity index (χ4v) is 2.72. The summed E-state index contributed by atoms with van der Waals surface area (Å²) < 4.78 is 0. The molecule has 0 aromatic heterocycles. The Labute approximate surface area is 117 Å². The molecule has 1 fully saturated rings. The van der Waals surface area contributed by atoms with Crippen molar-refractivity contribution < 1.29 is 0 Å². The summed E-state index contributed by atoms with van der Waals surface area (Å²) in [7, 11) is 0. The van der Waals surface area contributed by atoms with Gasteiger partial charge in [-0.1, -0.05) is 0 Å². The van der Waals surface area contributed by atoms with Gasteiger partial charge in [0.05, 0.1) is 11.4 Å². The molecule has 3 nitrogen and oxygen atoms in total. The molecule has 3 heteroatoms. The zero-order chi connectivity index (χ0) is 14.2. The Morgan fingerprint density at radius 2 is 1.47 bits per heavy atom. The molecule has 1 aromatic rings. The van der Waals surface area contributed by atoms with Crippen LogP contribution in [-0.4, -0.2) is 36.6 Å². The molecular formula is C16H27N3. The minimum atomic E-state index is 0.265. The Morgan fingerprint density at radius 3 is 2.00 bits per heavy atom. The summed E-state index contributed by atoms with van der Waals surface area (Å²) in [4.78, 5) is 4.96. The van der Waals surface area contributed by atoms with E-state index in [4.69, 9.17) is 5.73 Å². The van der Waals surface area contributed by atoms with Crippen molar-refractivity contribution in [2.45, 2.75) is 40.2 Å². The fraction of sp³-hybridized carbons (Fsp3) is 0.625. The molecule has 19 heavy (non-hydrogen) atoms. The Morgan fingerprint density at radius 1 is 0.947 bits per heavy atom. The molecule has 2 N–H and O–H groups in total. The van der Waals surface area contributed by atoms with Gasteiger partial charge < -0.3 is 10.6 Å². The minimum Gasteiger partial charge on any atom is -0.397 e. The molecule has 2 rings (SSSR count). The van der Waals surface area contributed by atoms with Crippen LogP contribution in [0.15, 0.2) is 12.1 Å². The van der Waals surface area contributed by atoms with E-state index in [0.29, 0.717) is 0 Å². The Balaban J connectivity index is 2.12. The minimum absolute atomic E-state index is 0.265. The van der Waals surface area contributed by atoms with E-state index in [-0.39, 0.29) is 5.54 Å². The SMILES string of the molecule is Cc1cc(N)c(N2CCN(C(C)(C)C)CC2)cc1C. The molecule has 106 valence electrons. The molecule has 0 unspecified atom stereocenters. The van der Waals surface area contributed by atoms with Crippen molar-refractivity contribution in [1.82, 2.24) is 4.90 Å². The van der Waals surface area contributed by atoms with Gasteiger partial charge >= 0.3 is 0 Å². The van der Waals surface area contributed by atoms with Gasteiger partial charge in [0.15, 0.2) is 0 Å². The standard InChI is InChI=1S/C16H27N3/c1-12-10-14(17)15(11-13(12)2)18-6-8-19(9-7-18)16(3,4)5/h10-11H,6-9,17H2,1-5H3. The maximum absolute atomic E-state index is 6.19. The topological polar surface area (TPSA) is 32.5 Å². The van der Waals surface area contributed by atoms with E-state index in [2.05, 4.69) is 56.6 Å². The van der Waals surface area contributed by atoms with E-state index < -0.39 is 0 Å². The number of benzene rings is 1. The molecule has 0 atom stereocenters. The molecular weight excluding hydrogens is 234 g/mol. The molecule has 0 amide bonds. The molecule has 1 aliphatic heterocycles. The predicted octanol–water partition coefficient (Wildman–Crippen LogP) is 2.81. The van der Waals surface area contributed by atoms with Crippen molar-refractivity contribution in [1.29, 1.82) is 0 Å². The fourth-order valence-electron chi connectivity index (χ4n) is 2.72. The number of nitrogens with zero attached hydrogens (tertiary/aromatic N) is 2. The third kappa shape index (κ3) is 3.03. The van der Waals surface area contributed by atoms with Crippen LogP contribution in [0.1, 0.15) is 31.9 Å². The van der Waals surface area contributed by atoms with Crippen LogP contribution in [0.25, 0.3) is 0 Å². The highest BCUT2D eigenvalue weighted by Gasteiger charge is 2.26. The summed E-state index contributed by atoms with van der Waals surface area (Å²) in [6.45, 7) is 15.5. The highest BCUT2D eigenvalue weighted by molar-refractivity contribution is 5.70. The first-order chi connectivity index (χ1) is 8.79. The number of hydrogen-bond donors (Lipinski definition) is 1. The second-order valence-electron chi connectivity index (χ2n) is 6.64. The van der Waals surface area contributed by atoms with Crippen molar-refractivity contribution in [2.75, 3.05) is 36.8 Å². The maximum atomic E-state index is 6.19. The summed E-state index contributed by atoms with van der Waals surface area (Å²) in [6.07, 6.45) is 0. The van der Waals surface area contributed by atoms with Crippen LogP contribution in [0, 0.1) is 13.8 Å². The van der Waals surface area contributed by atoms with Crippen molar-refractivity contribution in [3.8, 4) is 0 Å². The molecule has 0 saturated carbocycles. The van der Waals surface area contributed by atoms with Gasteiger partial charge in [0.25, 0.3) is 0 Å². The summed E-state index contributed by atoms with van der Waals surface area (Å²) in [5.74, 6) is 0. The third-order valence-corrected chi connectivity index (χ3v) is 4.21. The van der Waals surface area contributed by atoms with Crippen molar-refractivity contribution in [3.05, 3.63) is 23.3 Å². The molecule has 1 aromatic carbocycles. The van der Waals surface area contributed by atoms with Gasteiger partial charge in [-0.25, -0.2) is 0 Å². The van der Waals surface area contributed by atoms with Crippen molar-refractivity contribution in [2.24, 2.45) is 0 Å². The Bertz CT molecular complexity index is 452. The summed E-state index contributed by atoms with van der Waals surface area (Å²) in [6, 6.07) is 4.33. The lowest BCUT2D eigenvalue weighted by atomic mass is 10.0. The lowest BCUT2D eigenvalue weighted by molar-refractivity contribution is 0.128. The Hall–Kier alpha value is -1.22. The quantitative estimate of drug-likeness (QED) is 0.789. The first-order valence-electron chi connectivity index (χ1n) is 7.16. The van der Waals surface area contributed by atoms with Crippen LogP contribution in [0.3, 0.4) is 0 Å². The van der Waals surface area contributed by atoms with Crippen LogP contribution in [0.2, 0.25) is 0 Å². The van der Waals surface area contributed by atoms with Gasteiger partial charge in [-0.05, 0) is 57.9 Å². The van der Waals surface area contributed by atoms with Crippen LogP contribution in [0.4, 0.5) is 11.4 Å². The van der Waals surface area contributed by atoms with Crippen LogP contribution in [0.5, 0.6) is 0 Å². The molecule has 0 bridgehead atoms. The van der Waals surface area contributed by atoms with E-state index in [9.17, 15) is 0 Å². The maximum Gasteiger partial charge on any atom is 0.0603 e. The lowest BCUT2D eigenvalue weighted by Crippen LogP contribution is -2.53. The normalized spacial score (nSPS) is 17.8. The monoisotopic (exact) mass is 261 g/mol. The average Bonchev–Trinajstić information content (AvgIpc) is 2.33. The van der Waals surface area contributed by atoms with Gasteiger partial charge in [0.1, 0.15) is 0 Å². The van der Waals surface area contributed by atoms with Crippen LogP contribution in [-0.2, 0) is 0 Å². The van der Waals surface area contributed by atoms with Crippen LogP contribution < -0.4 is 10.6 Å². The number of aryl methyl sites for hydroxylation is 2. The zero-order valence-corrected chi connectivity index (χ0v) is 13.0. The second kappa shape index (κ2) is 5.04. The molecule has 0 aliphatic carbocycles. The van der Waals surface area contributed by atoms with E-state index in [0.717, 1.165) is 31.9 Å². The Kier molecular flexibility index (Phi) is 3.77. The van der Waals surface area contributed by atoms with E-state index in [1.165, 1.54) is 16.8 Å². The average molecular weight is 261 g/mol. The lowest BCUT2D eigenvalue weighted by Gasteiger charge is -2.43.